The summed E-state index contributed by atoms with van der Waals surface area (Å²) in [6, 6.07) is 6.19. The number of aliphatic hydroxyl groups excluding tert-OH is 1. The Morgan fingerprint density at radius 1 is 1.19 bits per heavy atom. The van der Waals surface area contributed by atoms with Crippen molar-refractivity contribution in [3.63, 3.8) is 0 Å². The van der Waals surface area contributed by atoms with Gasteiger partial charge in [0.05, 0.1) is 18.6 Å². The van der Waals surface area contributed by atoms with Gasteiger partial charge in [-0.05, 0) is 37.5 Å². The highest BCUT2D eigenvalue weighted by Gasteiger charge is 2.36. The summed E-state index contributed by atoms with van der Waals surface area (Å²) in [4.78, 5) is 16.8. The molecule has 3 rings (SSSR count). The summed E-state index contributed by atoms with van der Waals surface area (Å²) >= 11 is 0. The normalized spacial score (nSPS) is 29.9. The molecule has 4 unspecified atom stereocenters. The van der Waals surface area contributed by atoms with E-state index in [9.17, 15) is 14.3 Å². The van der Waals surface area contributed by atoms with Crippen LogP contribution in [0.5, 0.6) is 0 Å². The van der Waals surface area contributed by atoms with Gasteiger partial charge in [0.15, 0.2) is 0 Å². The van der Waals surface area contributed by atoms with Crippen LogP contribution in [0.1, 0.15) is 19.4 Å². The Morgan fingerprint density at radius 3 is 2.54 bits per heavy atom. The van der Waals surface area contributed by atoms with Crippen LogP contribution in [0, 0.1) is 17.7 Å². The summed E-state index contributed by atoms with van der Waals surface area (Å²) in [7, 11) is 0. The number of halogens is 1. The number of amides is 1. The van der Waals surface area contributed by atoms with Crippen molar-refractivity contribution in [3.05, 3.63) is 35.6 Å². The number of hydrogen-bond donors (Lipinski definition) is 1. The second-order valence-electron chi connectivity index (χ2n) is 7.78. The fraction of sp³-hybridized carbons (Fsp3) is 0.650. The maximum atomic E-state index is 13.3. The van der Waals surface area contributed by atoms with Gasteiger partial charge in [-0.1, -0.05) is 12.1 Å². The van der Waals surface area contributed by atoms with Gasteiger partial charge < -0.3 is 14.7 Å². The summed E-state index contributed by atoms with van der Waals surface area (Å²) in [5.74, 6) is 0.0347. The first-order valence-electron chi connectivity index (χ1n) is 9.45. The Balaban J connectivity index is 1.58. The maximum absolute atomic E-state index is 13.3. The van der Waals surface area contributed by atoms with E-state index in [1.54, 1.807) is 12.1 Å². The molecule has 2 fully saturated rings. The van der Waals surface area contributed by atoms with Gasteiger partial charge in [0.25, 0.3) is 0 Å². The van der Waals surface area contributed by atoms with Crippen LogP contribution >= 0.6 is 0 Å². The molecule has 2 aliphatic heterocycles. The number of ether oxygens (including phenoxy) is 1. The SMILES string of the molecule is CC1CN(CC2CN(C(=O)Cc3cccc(F)c3)CC2CO)CC(C)O1. The number of morpholine rings is 1. The van der Waals surface area contributed by atoms with E-state index in [0.29, 0.717) is 18.7 Å². The van der Waals surface area contributed by atoms with Gasteiger partial charge in [-0.3, -0.25) is 9.69 Å². The lowest BCUT2D eigenvalue weighted by Crippen LogP contribution is -2.48. The number of nitrogens with zero attached hydrogens (tertiary/aromatic N) is 2. The lowest BCUT2D eigenvalue weighted by molar-refractivity contribution is -0.129. The standard InChI is InChI=1S/C20H29FN2O3/c1-14-8-22(9-15(2)26-14)10-17-11-23(12-18(17)13-24)20(25)7-16-4-3-5-19(21)6-16/h3-6,14-15,17-18,24H,7-13H2,1-2H3. The van der Waals surface area contributed by atoms with Gasteiger partial charge in [-0.15, -0.1) is 0 Å². The van der Waals surface area contributed by atoms with Crippen molar-refractivity contribution in [1.82, 2.24) is 9.80 Å². The Kier molecular flexibility index (Phi) is 6.27. The summed E-state index contributed by atoms with van der Waals surface area (Å²) in [6.07, 6.45) is 0.616. The van der Waals surface area contributed by atoms with E-state index in [4.69, 9.17) is 4.74 Å². The molecule has 2 aliphatic rings. The Bertz CT molecular complexity index is 617. The van der Waals surface area contributed by atoms with Crippen LogP contribution in [0.2, 0.25) is 0 Å². The molecule has 2 saturated heterocycles. The van der Waals surface area contributed by atoms with Crippen LogP contribution in [0.15, 0.2) is 24.3 Å². The molecule has 1 N–H and O–H groups in total. The molecule has 144 valence electrons. The van der Waals surface area contributed by atoms with E-state index < -0.39 is 0 Å². The van der Waals surface area contributed by atoms with Crippen molar-refractivity contribution in [2.24, 2.45) is 11.8 Å². The zero-order valence-electron chi connectivity index (χ0n) is 15.6. The fourth-order valence-electron chi connectivity index (χ4n) is 4.25. The third-order valence-corrected chi connectivity index (χ3v) is 5.40. The van der Waals surface area contributed by atoms with Crippen LogP contribution < -0.4 is 0 Å². The van der Waals surface area contributed by atoms with Gasteiger partial charge in [0.2, 0.25) is 5.91 Å². The fourth-order valence-corrected chi connectivity index (χ4v) is 4.25. The second kappa shape index (κ2) is 8.46. The molecule has 2 heterocycles. The number of rotatable bonds is 5. The molecule has 26 heavy (non-hydrogen) atoms. The lowest BCUT2D eigenvalue weighted by Gasteiger charge is -2.37. The molecule has 0 spiro atoms. The van der Waals surface area contributed by atoms with E-state index in [-0.39, 0.29) is 48.8 Å². The molecular formula is C20H29FN2O3. The zero-order chi connectivity index (χ0) is 18.7. The number of likely N-dealkylation sites (tertiary alicyclic amines) is 1. The molecule has 6 heteroatoms. The molecule has 1 aromatic rings. The van der Waals surface area contributed by atoms with Crippen molar-refractivity contribution in [2.45, 2.75) is 32.5 Å². The molecule has 1 aromatic carbocycles. The molecule has 1 amide bonds. The topological polar surface area (TPSA) is 53.0 Å². The highest BCUT2D eigenvalue weighted by molar-refractivity contribution is 5.79. The molecule has 5 nitrogen and oxygen atoms in total. The largest absolute Gasteiger partial charge is 0.396 e. The van der Waals surface area contributed by atoms with Crippen molar-refractivity contribution >= 4 is 5.91 Å². The summed E-state index contributed by atoms with van der Waals surface area (Å²) in [5, 5.41) is 9.76. The minimum absolute atomic E-state index is 0.000244. The second-order valence-corrected chi connectivity index (χ2v) is 7.78. The lowest BCUT2D eigenvalue weighted by atomic mass is 9.96. The van der Waals surface area contributed by atoms with Crippen molar-refractivity contribution in [2.75, 3.05) is 39.3 Å². The monoisotopic (exact) mass is 364 g/mol. The average Bonchev–Trinajstić information content (AvgIpc) is 2.97. The highest BCUT2D eigenvalue weighted by atomic mass is 19.1. The molecule has 0 radical (unpaired) electrons. The quantitative estimate of drug-likeness (QED) is 0.861. The summed E-state index contributed by atoms with van der Waals surface area (Å²) in [6.45, 7) is 8.11. The number of aliphatic hydroxyl groups is 1. The minimum Gasteiger partial charge on any atom is -0.396 e. The third-order valence-electron chi connectivity index (χ3n) is 5.40. The zero-order valence-corrected chi connectivity index (χ0v) is 15.6. The van der Waals surface area contributed by atoms with Gasteiger partial charge in [-0.25, -0.2) is 4.39 Å². The minimum atomic E-state index is -0.321. The van der Waals surface area contributed by atoms with Crippen molar-refractivity contribution in [1.29, 1.82) is 0 Å². The van der Waals surface area contributed by atoms with Crippen molar-refractivity contribution in [3.8, 4) is 0 Å². The smallest absolute Gasteiger partial charge is 0.227 e. The first kappa shape index (κ1) is 19.3. The maximum Gasteiger partial charge on any atom is 0.227 e. The third kappa shape index (κ3) is 4.81. The van der Waals surface area contributed by atoms with E-state index in [1.807, 2.05) is 4.90 Å². The first-order valence-corrected chi connectivity index (χ1v) is 9.45. The van der Waals surface area contributed by atoms with E-state index in [2.05, 4.69) is 18.7 Å². The predicted octanol–water partition coefficient (Wildman–Crippen LogP) is 1.54. The summed E-state index contributed by atoms with van der Waals surface area (Å²) in [5.41, 5.74) is 0.690. The number of hydrogen-bond acceptors (Lipinski definition) is 4. The Hall–Kier alpha value is -1.50. The predicted molar refractivity (Wildman–Crippen MR) is 97.2 cm³/mol. The highest BCUT2D eigenvalue weighted by Crippen LogP contribution is 2.26. The van der Waals surface area contributed by atoms with Gasteiger partial charge in [0.1, 0.15) is 5.82 Å². The van der Waals surface area contributed by atoms with Crippen LogP contribution in [-0.4, -0.2) is 72.4 Å². The Morgan fingerprint density at radius 2 is 1.88 bits per heavy atom. The van der Waals surface area contributed by atoms with E-state index in [0.717, 1.165) is 19.6 Å². The molecular weight excluding hydrogens is 335 g/mol. The number of benzene rings is 1. The number of carbonyl (C=O) groups is 1. The summed E-state index contributed by atoms with van der Waals surface area (Å²) < 4.78 is 19.1. The molecule has 4 atom stereocenters. The van der Waals surface area contributed by atoms with E-state index >= 15 is 0 Å². The van der Waals surface area contributed by atoms with Crippen LogP contribution in [0.3, 0.4) is 0 Å². The average molecular weight is 364 g/mol. The van der Waals surface area contributed by atoms with Crippen LogP contribution in [0.25, 0.3) is 0 Å². The van der Waals surface area contributed by atoms with Gasteiger partial charge in [0, 0.05) is 45.2 Å². The molecule has 0 aromatic heterocycles. The van der Waals surface area contributed by atoms with Gasteiger partial charge >= 0.3 is 0 Å². The van der Waals surface area contributed by atoms with Gasteiger partial charge in [-0.2, -0.15) is 0 Å². The molecule has 0 aliphatic carbocycles. The van der Waals surface area contributed by atoms with E-state index in [1.165, 1.54) is 12.1 Å². The van der Waals surface area contributed by atoms with Crippen LogP contribution in [-0.2, 0) is 16.0 Å². The molecule has 0 bridgehead atoms. The van der Waals surface area contributed by atoms with Crippen LogP contribution in [0.4, 0.5) is 4.39 Å². The Labute approximate surface area is 154 Å². The number of carbonyl (C=O) groups excluding carboxylic acids is 1. The van der Waals surface area contributed by atoms with Crippen molar-refractivity contribution < 1.29 is 19.0 Å². The first-order chi connectivity index (χ1) is 12.4. The molecule has 0 saturated carbocycles.